The zero-order valence-electron chi connectivity index (χ0n) is 10.6. The number of hydrogen-bond acceptors (Lipinski definition) is 3. The topological polar surface area (TPSA) is 49.8 Å². The molecule has 100 valence electrons. The summed E-state index contributed by atoms with van der Waals surface area (Å²) in [6.07, 6.45) is 0.586. The average Bonchev–Trinajstić information content (AvgIpc) is 2.29. The maximum Gasteiger partial charge on any atom is 0.320 e. The van der Waals surface area contributed by atoms with Gasteiger partial charge in [-0.1, -0.05) is 28.9 Å². The Balaban J connectivity index is 2.39. The first-order valence-corrected chi connectivity index (χ1v) is 6.65. The summed E-state index contributed by atoms with van der Waals surface area (Å²) in [4.78, 5) is 12.8. The largest absolute Gasteiger partial charge is 0.492 e. The third-order valence-corrected chi connectivity index (χ3v) is 3.21. The van der Waals surface area contributed by atoms with E-state index in [9.17, 15) is 4.79 Å². The van der Waals surface area contributed by atoms with Crippen molar-refractivity contribution in [2.24, 2.45) is 0 Å². The summed E-state index contributed by atoms with van der Waals surface area (Å²) in [5, 5.41) is 9.01. The minimum atomic E-state index is -0.789. The highest BCUT2D eigenvalue weighted by molar-refractivity contribution is 9.10. The van der Waals surface area contributed by atoms with Gasteiger partial charge in [-0.15, -0.1) is 0 Å². The number of carboxylic acids is 1. The third kappa shape index (κ3) is 4.66. The van der Waals surface area contributed by atoms with Crippen LogP contribution < -0.4 is 4.74 Å². The van der Waals surface area contributed by atoms with E-state index in [1.165, 1.54) is 0 Å². The molecule has 1 unspecified atom stereocenters. The zero-order valence-corrected chi connectivity index (χ0v) is 12.2. The van der Waals surface area contributed by atoms with Crippen LogP contribution in [0.2, 0.25) is 0 Å². The number of nitrogens with zero attached hydrogens (tertiary/aromatic N) is 1. The van der Waals surface area contributed by atoms with E-state index in [4.69, 9.17) is 9.84 Å². The van der Waals surface area contributed by atoms with Gasteiger partial charge in [-0.3, -0.25) is 9.69 Å². The van der Waals surface area contributed by atoms with E-state index < -0.39 is 12.0 Å². The van der Waals surface area contributed by atoms with E-state index in [0.29, 0.717) is 19.6 Å². The van der Waals surface area contributed by atoms with E-state index >= 15 is 0 Å². The molecule has 1 aromatic rings. The number of rotatable bonds is 7. The summed E-state index contributed by atoms with van der Waals surface area (Å²) < 4.78 is 6.53. The number of carbonyl (C=O) groups is 1. The van der Waals surface area contributed by atoms with Crippen LogP contribution in [0.4, 0.5) is 0 Å². The Kier molecular flexibility index (Phi) is 6.15. The molecule has 4 nitrogen and oxygen atoms in total. The second-order valence-corrected chi connectivity index (χ2v) is 4.96. The van der Waals surface area contributed by atoms with Gasteiger partial charge in [0, 0.05) is 11.0 Å². The molecule has 0 aliphatic carbocycles. The minimum Gasteiger partial charge on any atom is -0.492 e. The zero-order chi connectivity index (χ0) is 13.5. The average molecular weight is 316 g/mol. The molecule has 0 saturated heterocycles. The Labute approximate surface area is 116 Å². The van der Waals surface area contributed by atoms with Crippen molar-refractivity contribution in [3.05, 3.63) is 28.7 Å². The number of hydrogen-bond donors (Lipinski definition) is 1. The number of ether oxygens (including phenoxy) is 1. The van der Waals surface area contributed by atoms with E-state index in [0.717, 1.165) is 10.2 Å². The molecule has 0 aromatic heterocycles. The van der Waals surface area contributed by atoms with Crippen molar-refractivity contribution in [3.63, 3.8) is 0 Å². The quantitative estimate of drug-likeness (QED) is 0.840. The predicted octanol–water partition coefficient (Wildman–Crippen LogP) is 2.62. The maximum atomic E-state index is 11.0. The molecule has 0 fully saturated rings. The van der Waals surface area contributed by atoms with Gasteiger partial charge in [0.2, 0.25) is 0 Å². The summed E-state index contributed by atoms with van der Waals surface area (Å²) in [6.45, 7) is 2.92. The summed E-state index contributed by atoms with van der Waals surface area (Å²) in [6, 6.07) is 7.13. The smallest absolute Gasteiger partial charge is 0.320 e. The molecule has 0 aliphatic heterocycles. The molecule has 0 bridgehead atoms. The summed E-state index contributed by atoms with van der Waals surface area (Å²) in [7, 11) is 1.80. The molecule has 5 heteroatoms. The number of carboxylic acid groups (broad SMARTS) is 1. The van der Waals surface area contributed by atoms with Crippen LogP contribution in [0, 0.1) is 0 Å². The van der Waals surface area contributed by atoms with Gasteiger partial charge in [-0.2, -0.15) is 0 Å². The fourth-order valence-electron chi connectivity index (χ4n) is 1.69. The van der Waals surface area contributed by atoms with Crippen LogP contribution in [0.25, 0.3) is 0 Å². The van der Waals surface area contributed by atoms with Crippen LogP contribution in [0.3, 0.4) is 0 Å². The van der Waals surface area contributed by atoms with Gasteiger partial charge in [-0.05, 0) is 31.7 Å². The Morgan fingerprint density at radius 1 is 1.56 bits per heavy atom. The first kappa shape index (κ1) is 15.0. The van der Waals surface area contributed by atoms with Gasteiger partial charge >= 0.3 is 5.97 Å². The molecule has 18 heavy (non-hydrogen) atoms. The SMILES string of the molecule is CCC(C(=O)O)N(C)CCOc1cccc(Br)c1. The molecule has 0 saturated carbocycles. The molecule has 0 aliphatic rings. The molecule has 0 heterocycles. The molecular weight excluding hydrogens is 298 g/mol. The highest BCUT2D eigenvalue weighted by atomic mass is 79.9. The standard InChI is InChI=1S/C13H18BrNO3/c1-3-12(13(16)17)15(2)7-8-18-11-6-4-5-10(14)9-11/h4-6,9,12H,3,7-8H2,1-2H3,(H,16,17). The highest BCUT2D eigenvalue weighted by Gasteiger charge is 2.19. The molecule has 1 N–H and O–H groups in total. The van der Waals surface area contributed by atoms with Crippen LogP contribution >= 0.6 is 15.9 Å². The fraction of sp³-hybridized carbons (Fsp3) is 0.462. The van der Waals surface area contributed by atoms with Crippen molar-refractivity contribution < 1.29 is 14.6 Å². The Morgan fingerprint density at radius 3 is 2.83 bits per heavy atom. The van der Waals surface area contributed by atoms with Crippen LogP contribution in [-0.2, 0) is 4.79 Å². The van der Waals surface area contributed by atoms with Gasteiger partial charge in [-0.25, -0.2) is 0 Å². The van der Waals surface area contributed by atoms with Crippen LogP contribution in [0.1, 0.15) is 13.3 Å². The molecular formula is C13H18BrNO3. The molecule has 0 amide bonds. The van der Waals surface area contributed by atoms with Gasteiger partial charge in [0.1, 0.15) is 18.4 Å². The maximum absolute atomic E-state index is 11.0. The number of likely N-dealkylation sites (N-methyl/N-ethyl adjacent to an activating group) is 1. The second kappa shape index (κ2) is 7.38. The number of benzene rings is 1. The first-order chi connectivity index (χ1) is 8.54. The molecule has 0 radical (unpaired) electrons. The first-order valence-electron chi connectivity index (χ1n) is 5.86. The summed E-state index contributed by atoms with van der Waals surface area (Å²) in [5.74, 6) is -0.0106. The molecule has 1 aromatic carbocycles. The van der Waals surface area contributed by atoms with Crippen LogP contribution in [-0.4, -0.2) is 42.2 Å². The van der Waals surface area contributed by atoms with E-state index in [-0.39, 0.29) is 0 Å². The normalized spacial score (nSPS) is 12.4. The third-order valence-electron chi connectivity index (χ3n) is 2.71. The van der Waals surface area contributed by atoms with Crippen molar-refractivity contribution in [2.45, 2.75) is 19.4 Å². The minimum absolute atomic E-state index is 0.448. The monoisotopic (exact) mass is 315 g/mol. The van der Waals surface area contributed by atoms with Crippen LogP contribution in [0.5, 0.6) is 5.75 Å². The Bertz CT molecular complexity index is 398. The van der Waals surface area contributed by atoms with Gasteiger partial charge in [0.15, 0.2) is 0 Å². The van der Waals surface area contributed by atoms with Crippen molar-refractivity contribution in [1.29, 1.82) is 0 Å². The van der Waals surface area contributed by atoms with E-state index in [2.05, 4.69) is 15.9 Å². The van der Waals surface area contributed by atoms with E-state index in [1.54, 1.807) is 11.9 Å². The van der Waals surface area contributed by atoms with Gasteiger partial charge < -0.3 is 9.84 Å². The van der Waals surface area contributed by atoms with Crippen molar-refractivity contribution in [1.82, 2.24) is 4.90 Å². The number of halogens is 1. The number of aliphatic carboxylic acids is 1. The van der Waals surface area contributed by atoms with Crippen molar-refractivity contribution in [2.75, 3.05) is 20.2 Å². The molecule has 0 spiro atoms. The van der Waals surface area contributed by atoms with Gasteiger partial charge in [0.05, 0.1) is 0 Å². The Morgan fingerprint density at radius 2 is 2.28 bits per heavy atom. The summed E-state index contributed by atoms with van der Waals surface area (Å²) in [5.41, 5.74) is 0. The van der Waals surface area contributed by atoms with E-state index in [1.807, 2.05) is 31.2 Å². The lowest BCUT2D eigenvalue weighted by Crippen LogP contribution is -2.40. The van der Waals surface area contributed by atoms with Crippen molar-refractivity contribution >= 4 is 21.9 Å². The summed E-state index contributed by atoms with van der Waals surface area (Å²) >= 11 is 3.37. The predicted molar refractivity (Wildman–Crippen MR) is 74.0 cm³/mol. The highest BCUT2D eigenvalue weighted by Crippen LogP contribution is 2.17. The lowest BCUT2D eigenvalue weighted by Gasteiger charge is -2.23. The Hall–Kier alpha value is -1.07. The lowest BCUT2D eigenvalue weighted by atomic mass is 10.2. The fourth-order valence-corrected chi connectivity index (χ4v) is 2.07. The second-order valence-electron chi connectivity index (χ2n) is 4.05. The van der Waals surface area contributed by atoms with Gasteiger partial charge in [0.25, 0.3) is 0 Å². The lowest BCUT2D eigenvalue weighted by molar-refractivity contribution is -0.143. The van der Waals surface area contributed by atoms with Crippen molar-refractivity contribution in [3.8, 4) is 5.75 Å². The molecule has 1 rings (SSSR count). The molecule has 1 atom stereocenters. The van der Waals surface area contributed by atoms with Crippen LogP contribution in [0.15, 0.2) is 28.7 Å².